The Bertz CT molecular complexity index is 81.0. The second-order valence-corrected chi connectivity index (χ2v) is 1.33. The molecule has 1 amide bonds. The van der Waals surface area contributed by atoms with E-state index < -0.39 is 0 Å². The largest absolute Gasteiger partial charge is 0.345 e. The van der Waals surface area contributed by atoms with Crippen molar-refractivity contribution in [3.63, 3.8) is 0 Å². The van der Waals surface area contributed by atoms with Crippen molar-refractivity contribution in [3.8, 4) is 0 Å². The minimum Gasteiger partial charge on any atom is -0.345 e. The third-order valence-electron chi connectivity index (χ3n) is 0.597. The lowest BCUT2D eigenvalue weighted by atomic mass is 10.6. The van der Waals surface area contributed by atoms with Crippen LogP contribution < -0.4 is 0 Å². The van der Waals surface area contributed by atoms with Crippen LogP contribution in [0.25, 0.3) is 0 Å². The molecule has 0 aliphatic rings. The maximum absolute atomic E-state index is 9.77. The van der Waals surface area contributed by atoms with Crippen LogP contribution in [0.15, 0.2) is 25.8 Å². The molecule has 0 saturated carbocycles. The molecule has 0 unspecified atom stereocenters. The Morgan fingerprint density at radius 2 is 2.00 bits per heavy atom. The first-order valence-corrected chi connectivity index (χ1v) is 2.57. The summed E-state index contributed by atoms with van der Waals surface area (Å²) in [6, 6.07) is 0. The van der Waals surface area contributed by atoms with E-state index in [9.17, 15) is 4.79 Å². The molecule has 0 heterocycles. The normalized spacial score (nSPS) is 6.33. The molecule has 9 heavy (non-hydrogen) atoms. The van der Waals surface area contributed by atoms with E-state index >= 15 is 0 Å². The van der Waals surface area contributed by atoms with Gasteiger partial charge in [0.25, 0.3) is 0 Å². The van der Waals surface area contributed by atoms with Crippen LogP contribution in [0.1, 0.15) is 0 Å². The standard InChI is InChI=1S/C5H9NO.C2H4/c1-3-4-6(2)5-7;1-2/h3,5H,1,4H2,2H3;1-2H2. The van der Waals surface area contributed by atoms with Gasteiger partial charge in [0.05, 0.1) is 0 Å². The van der Waals surface area contributed by atoms with Crippen molar-refractivity contribution in [3.05, 3.63) is 25.8 Å². The summed E-state index contributed by atoms with van der Waals surface area (Å²) in [6.45, 7) is 10.1. The topological polar surface area (TPSA) is 20.3 Å². The summed E-state index contributed by atoms with van der Waals surface area (Å²) >= 11 is 0. The minimum absolute atomic E-state index is 0.628. The van der Waals surface area contributed by atoms with E-state index in [4.69, 9.17) is 0 Å². The van der Waals surface area contributed by atoms with E-state index in [0.717, 1.165) is 6.41 Å². The third-order valence-corrected chi connectivity index (χ3v) is 0.597. The molecule has 0 rings (SSSR count). The summed E-state index contributed by atoms with van der Waals surface area (Å²) in [4.78, 5) is 11.3. The zero-order chi connectivity index (χ0) is 7.70. The Balaban J connectivity index is 0. The van der Waals surface area contributed by atoms with Crippen LogP contribution >= 0.6 is 0 Å². The maximum atomic E-state index is 9.77. The van der Waals surface area contributed by atoms with Crippen molar-refractivity contribution in [2.45, 2.75) is 0 Å². The fourth-order valence-corrected chi connectivity index (χ4v) is 0.247. The van der Waals surface area contributed by atoms with Gasteiger partial charge in [0.1, 0.15) is 0 Å². The van der Waals surface area contributed by atoms with Crippen LogP contribution in [0.3, 0.4) is 0 Å². The Morgan fingerprint density at radius 3 is 2.11 bits per heavy atom. The van der Waals surface area contributed by atoms with E-state index in [1.807, 2.05) is 0 Å². The van der Waals surface area contributed by atoms with E-state index in [1.165, 1.54) is 4.90 Å². The van der Waals surface area contributed by atoms with Gasteiger partial charge in [-0.25, -0.2) is 0 Å². The van der Waals surface area contributed by atoms with Crippen LogP contribution in [-0.4, -0.2) is 24.9 Å². The number of amides is 1. The molecule has 0 fully saturated rings. The Morgan fingerprint density at radius 1 is 1.56 bits per heavy atom. The maximum Gasteiger partial charge on any atom is 0.209 e. The highest BCUT2D eigenvalue weighted by molar-refractivity contribution is 5.46. The smallest absolute Gasteiger partial charge is 0.209 e. The summed E-state index contributed by atoms with van der Waals surface area (Å²) in [6.07, 6.45) is 2.44. The van der Waals surface area contributed by atoms with Crippen LogP contribution in [0, 0.1) is 0 Å². The summed E-state index contributed by atoms with van der Waals surface area (Å²) in [5, 5.41) is 0. The van der Waals surface area contributed by atoms with Crippen LogP contribution in [0.2, 0.25) is 0 Å². The lowest BCUT2D eigenvalue weighted by Crippen LogP contribution is -2.14. The molecule has 0 N–H and O–H groups in total. The molecule has 0 bridgehead atoms. The number of nitrogens with zero attached hydrogens (tertiary/aromatic N) is 1. The van der Waals surface area contributed by atoms with Gasteiger partial charge in [0.2, 0.25) is 6.41 Å². The van der Waals surface area contributed by atoms with Gasteiger partial charge in [0, 0.05) is 13.6 Å². The average molecular weight is 127 g/mol. The molecule has 0 saturated heterocycles. The van der Waals surface area contributed by atoms with Crippen molar-refractivity contribution in [1.29, 1.82) is 0 Å². The quantitative estimate of drug-likeness (QED) is 0.410. The average Bonchev–Trinajstić information content (AvgIpc) is 1.93. The van der Waals surface area contributed by atoms with Gasteiger partial charge >= 0.3 is 0 Å². The third kappa shape index (κ3) is 10.9. The molecule has 0 aromatic heterocycles. The number of hydrogen-bond acceptors (Lipinski definition) is 1. The van der Waals surface area contributed by atoms with E-state index in [0.29, 0.717) is 6.54 Å². The molecule has 0 aromatic rings. The molecular formula is C7H13NO. The summed E-state index contributed by atoms with van der Waals surface area (Å²) in [7, 11) is 1.70. The molecule has 2 nitrogen and oxygen atoms in total. The number of rotatable bonds is 3. The first kappa shape index (κ1) is 10.8. The fourth-order valence-electron chi connectivity index (χ4n) is 0.247. The molecule has 2 heteroatoms. The molecule has 0 aromatic carbocycles. The van der Waals surface area contributed by atoms with Crippen LogP contribution in [0.4, 0.5) is 0 Å². The van der Waals surface area contributed by atoms with Crippen molar-refractivity contribution in [2.24, 2.45) is 0 Å². The summed E-state index contributed by atoms with van der Waals surface area (Å²) in [5.74, 6) is 0. The highest BCUT2D eigenvalue weighted by Gasteiger charge is 1.81. The van der Waals surface area contributed by atoms with Gasteiger partial charge in [-0.1, -0.05) is 6.08 Å². The summed E-state index contributed by atoms with van der Waals surface area (Å²) in [5.41, 5.74) is 0. The predicted molar refractivity (Wildman–Crippen MR) is 40.1 cm³/mol. The molecule has 0 radical (unpaired) electrons. The van der Waals surface area contributed by atoms with Gasteiger partial charge in [-0.05, 0) is 0 Å². The van der Waals surface area contributed by atoms with Gasteiger partial charge in [-0.3, -0.25) is 4.79 Å². The minimum atomic E-state index is 0.628. The van der Waals surface area contributed by atoms with Crippen LogP contribution in [-0.2, 0) is 4.79 Å². The zero-order valence-corrected chi connectivity index (χ0v) is 5.84. The zero-order valence-electron chi connectivity index (χ0n) is 5.84. The second kappa shape index (κ2) is 10.0. The van der Waals surface area contributed by atoms with E-state index in [1.54, 1.807) is 13.1 Å². The Kier molecular flexibility index (Phi) is 12.1. The molecular weight excluding hydrogens is 114 g/mol. The molecule has 0 spiro atoms. The van der Waals surface area contributed by atoms with E-state index in [2.05, 4.69) is 19.7 Å². The highest BCUT2D eigenvalue weighted by atomic mass is 16.1. The van der Waals surface area contributed by atoms with Gasteiger partial charge < -0.3 is 4.90 Å². The Hall–Kier alpha value is -1.05. The van der Waals surface area contributed by atoms with Crippen LogP contribution in [0.5, 0.6) is 0 Å². The van der Waals surface area contributed by atoms with E-state index in [-0.39, 0.29) is 0 Å². The second-order valence-electron chi connectivity index (χ2n) is 1.33. The number of hydrogen-bond donors (Lipinski definition) is 0. The summed E-state index contributed by atoms with van der Waals surface area (Å²) < 4.78 is 0. The first-order valence-electron chi connectivity index (χ1n) is 2.57. The Labute approximate surface area is 56.5 Å². The number of carbonyl (C=O) groups excluding carboxylic acids is 1. The molecule has 0 atom stereocenters. The number of carbonyl (C=O) groups is 1. The molecule has 0 aliphatic carbocycles. The monoisotopic (exact) mass is 127 g/mol. The van der Waals surface area contributed by atoms with Gasteiger partial charge in [-0.15, -0.1) is 19.7 Å². The molecule has 0 aliphatic heterocycles. The fraction of sp³-hybridized carbons (Fsp3) is 0.286. The SMILES string of the molecule is C=C.C=CCN(C)C=O. The number of likely N-dealkylation sites (N-methyl/N-ethyl adjacent to an activating group) is 1. The van der Waals surface area contributed by atoms with Crippen molar-refractivity contribution in [2.75, 3.05) is 13.6 Å². The molecule has 52 valence electrons. The van der Waals surface area contributed by atoms with Crippen molar-refractivity contribution >= 4 is 6.41 Å². The first-order chi connectivity index (χ1) is 4.31. The lowest BCUT2D eigenvalue weighted by molar-refractivity contribution is -0.116. The predicted octanol–water partition coefficient (Wildman–Crippen LogP) is 1.06. The van der Waals surface area contributed by atoms with Gasteiger partial charge in [0.15, 0.2) is 0 Å². The lowest BCUT2D eigenvalue weighted by Gasteiger charge is -2.03. The van der Waals surface area contributed by atoms with Crippen molar-refractivity contribution < 1.29 is 4.79 Å². The van der Waals surface area contributed by atoms with Gasteiger partial charge in [-0.2, -0.15) is 0 Å². The highest BCUT2D eigenvalue weighted by Crippen LogP contribution is 1.71. The van der Waals surface area contributed by atoms with Crippen molar-refractivity contribution in [1.82, 2.24) is 4.90 Å².